The number of H-pyrrole nitrogens is 2. The number of hydrogen-bond acceptors (Lipinski definition) is 6. The number of fused-ring (bicyclic) bond motifs is 1. The molecule has 1 amide bonds. The zero-order valence-electron chi connectivity index (χ0n) is 23.6. The molecule has 0 saturated carbocycles. The van der Waals surface area contributed by atoms with Crippen LogP contribution in [-0.2, 0) is 12.7 Å². The Balaban J connectivity index is 1.23. The van der Waals surface area contributed by atoms with Crippen LogP contribution in [-0.4, -0.2) is 69.1 Å². The van der Waals surface area contributed by atoms with Gasteiger partial charge in [-0.3, -0.25) is 14.8 Å². The smallest absolute Gasteiger partial charge is 0.416 e. The van der Waals surface area contributed by atoms with E-state index in [0.29, 0.717) is 41.5 Å². The van der Waals surface area contributed by atoms with Gasteiger partial charge in [0.2, 0.25) is 0 Å². The number of ether oxygens (including phenoxy) is 1. The van der Waals surface area contributed by atoms with E-state index in [-0.39, 0.29) is 23.4 Å². The second-order valence-electron chi connectivity index (χ2n) is 10.7. The molecule has 3 N–H and O–H groups in total. The summed E-state index contributed by atoms with van der Waals surface area (Å²) in [5, 5.41) is 10.1. The van der Waals surface area contributed by atoms with Crippen molar-refractivity contribution in [1.29, 1.82) is 0 Å². The number of benzene rings is 2. The molecule has 6 rings (SSSR count). The van der Waals surface area contributed by atoms with E-state index < -0.39 is 17.6 Å². The number of aromatic amines is 2. The molecule has 12 heteroatoms. The summed E-state index contributed by atoms with van der Waals surface area (Å²) in [6.45, 7) is 4.96. The molecular weight excluding hydrogens is 559 g/mol. The van der Waals surface area contributed by atoms with E-state index in [1.807, 2.05) is 18.0 Å². The van der Waals surface area contributed by atoms with Crippen molar-refractivity contribution in [3.05, 3.63) is 89.4 Å². The third kappa shape index (κ3) is 6.25. The summed E-state index contributed by atoms with van der Waals surface area (Å²) in [4.78, 5) is 25.2. The van der Waals surface area contributed by atoms with Crippen LogP contribution in [0.25, 0.3) is 22.3 Å². The molecule has 1 aliphatic rings. The molecule has 1 aliphatic heterocycles. The van der Waals surface area contributed by atoms with Crippen LogP contribution in [0.1, 0.15) is 27.0 Å². The number of rotatable bonds is 7. The molecule has 9 nitrogen and oxygen atoms in total. The molecule has 5 aromatic rings. The number of likely N-dealkylation sites (N-methyl/N-ethyl adjacent to an activating group) is 1. The van der Waals surface area contributed by atoms with Gasteiger partial charge in [0.25, 0.3) is 5.91 Å². The van der Waals surface area contributed by atoms with Gasteiger partial charge in [0.1, 0.15) is 17.1 Å². The number of carbonyl (C=O) groups excluding carboxylic acids is 1. The number of piperazine rings is 1. The van der Waals surface area contributed by atoms with Gasteiger partial charge in [0, 0.05) is 68.0 Å². The van der Waals surface area contributed by atoms with E-state index in [0.717, 1.165) is 30.1 Å². The fourth-order valence-electron chi connectivity index (χ4n) is 5.17. The Morgan fingerprint density at radius 1 is 1.07 bits per heavy atom. The number of hydrogen-bond donors (Lipinski definition) is 3. The topological polar surface area (TPSA) is 102 Å². The van der Waals surface area contributed by atoms with E-state index in [1.165, 1.54) is 12.1 Å². The highest BCUT2D eigenvalue weighted by Crippen LogP contribution is 2.36. The number of pyridine rings is 1. The monoisotopic (exact) mass is 589 g/mol. The first-order chi connectivity index (χ1) is 20.6. The van der Waals surface area contributed by atoms with Crippen LogP contribution in [0.5, 0.6) is 11.5 Å². The van der Waals surface area contributed by atoms with Crippen molar-refractivity contribution >= 4 is 22.6 Å². The Morgan fingerprint density at radius 3 is 2.63 bits per heavy atom. The molecule has 4 heterocycles. The van der Waals surface area contributed by atoms with Gasteiger partial charge < -0.3 is 19.9 Å². The number of nitrogens with one attached hydrogen (secondary N) is 3. The Hall–Kier alpha value is -4.68. The zero-order chi connectivity index (χ0) is 30.1. The number of amides is 1. The quantitative estimate of drug-likeness (QED) is 0.213. The number of nitrogens with zero attached hydrogens (tertiary/aromatic N) is 4. The average molecular weight is 590 g/mol. The Bertz CT molecular complexity index is 1760. The first kappa shape index (κ1) is 28.4. The molecule has 2 aromatic carbocycles. The fourth-order valence-corrected chi connectivity index (χ4v) is 5.17. The minimum Gasteiger partial charge on any atom is -0.456 e. The third-order valence-electron chi connectivity index (χ3n) is 7.63. The molecule has 1 fully saturated rings. The van der Waals surface area contributed by atoms with Crippen molar-refractivity contribution in [2.24, 2.45) is 0 Å². The van der Waals surface area contributed by atoms with E-state index in [1.54, 1.807) is 49.8 Å². The van der Waals surface area contributed by atoms with Crippen molar-refractivity contribution in [1.82, 2.24) is 30.0 Å². The van der Waals surface area contributed by atoms with Gasteiger partial charge in [0.15, 0.2) is 0 Å². The summed E-state index contributed by atoms with van der Waals surface area (Å²) in [5.74, 6) is 0.369. The highest BCUT2D eigenvalue weighted by Gasteiger charge is 2.34. The Kier molecular flexibility index (Phi) is 7.63. The first-order valence-electron chi connectivity index (χ1n) is 13.8. The van der Waals surface area contributed by atoms with Crippen LogP contribution in [0.3, 0.4) is 0 Å². The van der Waals surface area contributed by atoms with Crippen LogP contribution in [0, 0.1) is 6.92 Å². The summed E-state index contributed by atoms with van der Waals surface area (Å²) in [6, 6.07) is 12.6. The van der Waals surface area contributed by atoms with Crippen molar-refractivity contribution < 1.29 is 22.7 Å². The minimum absolute atomic E-state index is 0.0677. The number of alkyl halides is 3. The largest absolute Gasteiger partial charge is 0.456 e. The molecule has 43 heavy (non-hydrogen) atoms. The first-order valence-corrected chi connectivity index (χ1v) is 13.8. The molecule has 0 radical (unpaired) electrons. The molecule has 0 spiro atoms. The lowest BCUT2D eigenvalue weighted by molar-refractivity contribution is -0.138. The van der Waals surface area contributed by atoms with Crippen molar-refractivity contribution in [2.75, 3.05) is 38.5 Å². The molecule has 0 unspecified atom stereocenters. The normalized spacial score (nSPS) is 14.7. The number of halogens is 3. The van der Waals surface area contributed by atoms with E-state index in [4.69, 9.17) is 4.74 Å². The van der Waals surface area contributed by atoms with Crippen molar-refractivity contribution in [3.8, 4) is 22.8 Å². The van der Waals surface area contributed by atoms with Crippen LogP contribution in [0.15, 0.2) is 67.1 Å². The predicted octanol–water partition coefficient (Wildman–Crippen LogP) is 6.07. The number of anilines is 1. The third-order valence-corrected chi connectivity index (χ3v) is 7.63. The summed E-state index contributed by atoms with van der Waals surface area (Å²) in [7, 11) is 2.00. The lowest BCUT2D eigenvalue weighted by atomic mass is 10.0. The molecule has 0 atom stereocenters. The van der Waals surface area contributed by atoms with Crippen LogP contribution < -0.4 is 10.1 Å². The van der Waals surface area contributed by atoms with Crippen LogP contribution in [0.4, 0.5) is 18.9 Å². The summed E-state index contributed by atoms with van der Waals surface area (Å²) < 4.78 is 48.4. The van der Waals surface area contributed by atoms with Gasteiger partial charge in [-0.15, -0.1) is 0 Å². The van der Waals surface area contributed by atoms with Gasteiger partial charge in [-0.05, 0) is 55.4 Å². The minimum atomic E-state index is -4.56. The van der Waals surface area contributed by atoms with E-state index in [9.17, 15) is 18.0 Å². The number of aryl methyl sites for hydroxylation is 1. The Morgan fingerprint density at radius 2 is 1.88 bits per heavy atom. The van der Waals surface area contributed by atoms with Gasteiger partial charge >= 0.3 is 6.18 Å². The van der Waals surface area contributed by atoms with E-state index in [2.05, 4.69) is 30.4 Å². The number of carbonyl (C=O) groups is 1. The highest BCUT2D eigenvalue weighted by atomic mass is 19.4. The van der Waals surface area contributed by atoms with E-state index >= 15 is 0 Å². The summed E-state index contributed by atoms with van der Waals surface area (Å²) >= 11 is 0. The van der Waals surface area contributed by atoms with Gasteiger partial charge in [-0.2, -0.15) is 18.3 Å². The van der Waals surface area contributed by atoms with Crippen molar-refractivity contribution in [2.45, 2.75) is 19.6 Å². The molecule has 0 aliphatic carbocycles. The lowest BCUT2D eigenvalue weighted by Gasteiger charge is -2.33. The van der Waals surface area contributed by atoms with Crippen LogP contribution >= 0.6 is 0 Å². The molecule has 222 valence electrons. The molecule has 1 saturated heterocycles. The average Bonchev–Trinajstić information content (AvgIpc) is 3.68. The second kappa shape index (κ2) is 11.5. The Labute approximate surface area is 245 Å². The highest BCUT2D eigenvalue weighted by molar-refractivity contribution is 6.05. The summed E-state index contributed by atoms with van der Waals surface area (Å²) in [6.07, 6.45) is 0.565. The zero-order valence-corrected chi connectivity index (χ0v) is 23.6. The maximum absolute atomic E-state index is 14.1. The number of aromatic nitrogens is 4. The van der Waals surface area contributed by atoms with Crippen molar-refractivity contribution in [3.63, 3.8) is 0 Å². The van der Waals surface area contributed by atoms with Gasteiger partial charge in [-0.1, -0.05) is 12.1 Å². The molecule has 0 bridgehead atoms. The molecule has 3 aromatic heterocycles. The fraction of sp³-hybridized carbons (Fsp3) is 0.258. The standard InChI is InChI=1S/C31H30F3N7O2/c1-19-3-6-23(43-28-15-27(21-16-36-37-17-21)39-29-24(28)7-8-35-29)14-25(19)30(42)38-22-5-4-20(26(13-22)31(32,33)34)18-41-11-9-40(2)10-12-41/h3-8,13-17H,9-12,18H2,1-2H3,(H,35,39)(H,36,37)(H,38,42). The maximum Gasteiger partial charge on any atom is 0.416 e. The maximum atomic E-state index is 14.1. The lowest BCUT2D eigenvalue weighted by Crippen LogP contribution is -2.44. The predicted molar refractivity (Wildman–Crippen MR) is 157 cm³/mol. The second-order valence-corrected chi connectivity index (χ2v) is 10.7. The van der Waals surface area contributed by atoms with Crippen LogP contribution in [0.2, 0.25) is 0 Å². The molecular formula is C31H30F3N7O2. The summed E-state index contributed by atoms with van der Waals surface area (Å²) in [5.41, 5.74) is 2.46. The SMILES string of the molecule is Cc1ccc(Oc2cc(-c3cn[nH]c3)nc3[nH]ccc23)cc1C(=O)Nc1ccc(CN2CCN(C)CC2)c(C(F)(F)F)c1. The van der Waals surface area contributed by atoms with Gasteiger partial charge in [0.05, 0.1) is 22.8 Å². The van der Waals surface area contributed by atoms with Gasteiger partial charge in [-0.25, -0.2) is 4.98 Å².